The van der Waals surface area contributed by atoms with Crippen molar-refractivity contribution in [1.82, 2.24) is 0 Å². The number of ketones is 1. The molecule has 0 unspecified atom stereocenters. The molecule has 1 aromatic carbocycles. The number of phenolic OH excluding ortho intramolecular Hbond substituents is 1. The largest absolute Gasteiger partial charge is 0.508 e. The molecule has 0 heterocycles. The standard InChI is InChI=1S/C13H9NO4/c15-9-3-1-8(2-4-9)14-12-6-5-10(16)7-11(12)13(17)18/h1-7,15H,(H,17,18). The molecule has 0 saturated heterocycles. The Morgan fingerprint density at radius 2 is 1.78 bits per heavy atom. The van der Waals surface area contributed by atoms with Gasteiger partial charge in [-0.25, -0.2) is 9.79 Å². The first-order valence-corrected chi connectivity index (χ1v) is 5.11. The molecule has 90 valence electrons. The van der Waals surface area contributed by atoms with E-state index in [0.717, 1.165) is 6.08 Å². The Bertz CT molecular complexity index is 594. The number of carbonyl (C=O) groups is 2. The summed E-state index contributed by atoms with van der Waals surface area (Å²) in [5, 5.41) is 18.1. The van der Waals surface area contributed by atoms with Gasteiger partial charge in [-0.3, -0.25) is 4.79 Å². The molecule has 0 fully saturated rings. The summed E-state index contributed by atoms with van der Waals surface area (Å²) in [6.07, 6.45) is 3.64. The summed E-state index contributed by atoms with van der Waals surface area (Å²) in [5.74, 6) is -1.48. The molecule has 0 radical (unpaired) electrons. The molecule has 0 saturated carbocycles. The molecular weight excluding hydrogens is 234 g/mol. The van der Waals surface area contributed by atoms with Crippen molar-refractivity contribution in [1.29, 1.82) is 0 Å². The van der Waals surface area contributed by atoms with E-state index in [9.17, 15) is 9.59 Å². The Kier molecular flexibility index (Phi) is 3.05. The lowest BCUT2D eigenvalue weighted by Crippen LogP contribution is -2.15. The highest BCUT2D eigenvalue weighted by atomic mass is 16.4. The van der Waals surface area contributed by atoms with Gasteiger partial charge in [-0.15, -0.1) is 0 Å². The number of aliphatic carboxylic acids is 1. The molecule has 0 bridgehead atoms. The van der Waals surface area contributed by atoms with E-state index in [1.807, 2.05) is 0 Å². The lowest BCUT2D eigenvalue weighted by molar-refractivity contribution is -0.132. The summed E-state index contributed by atoms with van der Waals surface area (Å²) in [6.45, 7) is 0. The van der Waals surface area contributed by atoms with Crippen LogP contribution in [0.5, 0.6) is 5.75 Å². The SMILES string of the molecule is O=C1C=CC(=Nc2ccc(O)cc2)C(C(=O)O)=C1. The van der Waals surface area contributed by atoms with Crippen LogP contribution in [-0.2, 0) is 9.59 Å². The lowest BCUT2D eigenvalue weighted by Gasteiger charge is -2.06. The van der Waals surface area contributed by atoms with Crippen molar-refractivity contribution in [2.75, 3.05) is 0 Å². The van der Waals surface area contributed by atoms with E-state index in [0.29, 0.717) is 5.69 Å². The average Bonchev–Trinajstić information content (AvgIpc) is 2.34. The predicted molar refractivity (Wildman–Crippen MR) is 65.1 cm³/mol. The molecule has 1 aromatic rings. The number of carbonyl (C=O) groups excluding carboxylic acids is 1. The molecule has 5 nitrogen and oxygen atoms in total. The summed E-state index contributed by atoms with van der Waals surface area (Å²) in [4.78, 5) is 26.2. The predicted octanol–water partition coefficient (Wildman–Crippen LogP) is 1.61. The summed E-state index contributed by atoms with van der Waals surface area (Å²) in [5.41, 5.74) is 0.553. The van der Waals surface area contributed by atoms with Gasteiger partial charge in [-0.05, 0) is 36.4 Å². The molecule has 2 rings (SSSR count). The van der Waals surface area contributed by atoms with Crippen molar-refractivity contribution in [2.45, 2.75) is 0 Å². The molecule has 1 aliphatic rings. The third-order valence-corrected chi connectivity index (χ3v) is 2.30. The minimum Gasteiger partial charge on any atom is -0.508 e. The number of benzene rings is 1. The number of carboxylic acids is 1. The van der Waals surface area contributed by atoms with Gasteiger partial charge in [0, 0.05) is 6.08 Å². The minimum absolute atomic E-state index is 0.0994. The van der Waals surface area contributed by atoms with Gasteiger partial charge in [0.1, 0.15) is 5.75 Å². The number of carboxylic acid groups (broad SMARTS) is 1. The fourth-order valence-electron chi connectivity index (χ4n) is 1.45. The number of allylic oxidation sites excluding steroid dienone is 3. The highest BCUT2D eigenvalue weighted by Gasteiger charge is 2.18. The first kappa shape index (κ1) is 11.8. The second kappa shape index (κ2) is 4.67. The zero-order chi connectivity index (χ0) is 13.1. The van der Waals surface area contributed by atoms with Crippen molar-refractivity contribution in [3.05, 3.63) is 48.1 Å². The summed E-state index contributed by atoms with van der Waals surface area (Å²) in [6, 6.07) is 5.99. The van der Waals surface area contributed by atoms with E-state index in [-0.39, 0.29) is 22.8 Å². The Labute approximate surface area is 102 Å². The molecule has 18 heavy (non-hydrogen) atoms. The second-order valence-corrected chi connectivity index (χ2v) is 3.61. The first-order valence-electron chi connectivity index (χ1n) is 5.11. The molecule has 0 spiro atoms. The van der Waals surface area contributed by atoms with E-state index >= 15 is 0 Å². The number of nitrogens with zero attached hydrogens (tertiary/aromatic N) is 1. The fourth-order valence-corrected chi connectivity index (χ4v) is 1.45. The second-order valence-electron chi connectivity index (χ2n) is 3.61. The minimum atomic E-state index is -1.20. The van der Waals surface area contributed by atoms with Gasteiger partial charge in [-0.1, -0.05) is 0 Å². The van der Waals surface area contributed by atoms with Gasteiger partial charge in [0.2, 0.25) is 0 Å². The highest BCUT2D eigenvalue weighted by Crippen LogP contribution is 2.19. The van der Waals surface area contributed by atoms with Crippen LogP contribution in [-0.4, -0.2) is 27.7 Å². The summed E-state index contributed by atoms with van der Waals surface area (Å²) in [7, 11) is 0. The average molecular weight is 243 g/mol. The smallest absolute Gasteiger partial charge is 0.338 e. The van der Waals surface area contributed by atoms with Crippen LogP contribution in [0.25, 0.3) is 0 Å². The van der Waals surface area contributed by atoms with Crippen LogP contribution in [0.3, 0.4) is 0 Å². The first-order chi connectivity index (χ1) is 8.56. The van der Waals surface area contributed by atoms with E-state index in [4.69, 9.17) is 10.2 Å². The maximum atomic E-state index is 11.1. The van der Waals surface area contributed by atoms with Crippen LogP contribution in [0.15, 0.2) is 53.1 Å². The molecule has 2 N–H and O–H groups in total. The van der Waals surface area contributed by atoms with Crippen LogP contribution in [0.1, 0.15) is 0 Å². The number of aromatic hydroxyl groups is 1. The van der Waals surface area contributed by atoms with Crippen LogP contribution in [0.4, 0.5) is 5.69 Å². The Hall–Kier alpha value is -2.69. The number of hydrogen-bond donors (Lipinski definition) is 2. The third kappa shape index (κ3) is 2.52. The fraction of sp³-hybridized carbons (Fsp3) is 0. The molecule has 5 heteroatoms. The van der Waals surface area contributed by atoms with Gasteiger partial charge in [0.05, 0.1) is 17.0 Å². The number of hydrogen-bond acceptors (Lipinski definition) is 4. The Morgan fingerprint density at radius 1 is 1.11 bits per heavy atom. The monoisotopic (exact) mass is 243 g/mol. The van der Waals surface area contributed by atoms with Gasteiger partial charge < -0.3 is 10.2 Å². The summed E-state index contributed by atoms with van der Waals surface area (Å²) < 4.78 is 0. The Balaban J connectivity index is 2.40. The molecular formula is C13H9NO4. The molecule has 0 atom stereocenters. The highest BCUT2D eigenvalue weighted by molar-refractivity contribution is 6.31. The molecule has 0 aliphatic heterocycles. The quantitative estimate of drug-likeness (QED) is 0.772. The van der Waals surface area contributed by atoms with Crippen LogP contribution >= 0.6 is 0 Å². The topological polar surface area (TPSA) is 87.0 Å². The van der Waals surface area contributed by atoms with Gasteiger partial charge in [0.25, 0.3) is 0 Å². The normalized spacial score (nSPS) is 16.8. The van der Waals surface area contributed by atoms with Gasteiger partial charge in [-0.2, -0.15) is 0 Å². The van der Waals surface area contributed by atoms with Gasteiger partial charge in [0.15, 0.2) is 5.78 Å². The van der Waals surface area contributed by atoms with Crippen molar-refractivity contribution in [3.8, 4) is 5.75 Å². The van der Waals surface area contributed by atoms with Crippen molar-refractivity contribution < 1.29 is 19.8 Å². The van der Waals surface area contributed by atoms with E-state index in [1.54, 1.807) is 12.1 Å². The van der Waals surface area contributed by atoms with E-state index < -0.39 is 5.97 Å². The zero-order valence-corrected chi connectivity index (χ0v) is 9.20. The van der Waals surface area contributed by atoms with E-state index in [2.05, 4.69) is 4.99 Å². The van der Waals surface area contributed by atoms with Crippen LogP contribution in [0.2, 0.25) is 0 Å². The maximum Gasteiger partial charge on any atom is 0.338 e. The van der Waals surface area contributed by atoms with Crippen molar-refractivity contribution in [2.24, 2.45) is 4.99 Å². The molecule has 0 amide bonds. The molecule has 0 aromatic heterocycles. The zero-order valence-electron chi connectivity index (χ0n) is 9.20. The van der Waals surface area contributed by atoms with Crippen LogP contribution < -0.4 is 0 Å². The van der Waals surface area contributed by atoms with Crippen molar-refractivity contribution in [3.63, 3.8) is 0 Å². The number of aliphatic imine (C=N–C) groups is 1. The third-order valence-electron chi connectivity index (χ3n) is 2.30. The van der Waals surface area contributed by atoms with E-state index in [1.165, 1.54) is 24.3 Å². The maximum absolute atomic E-state index is 11.1. The number of rotatable bonds is 2. The molecule has 1 aliphatic carbocycles. The van der Waals surface area contributed by atoms with Crippen LogP contribution in [0, 0.1) is 0 Å². The van der Waals surface area contributed by atoms with Crippen molar-refractivity contribution >= 4 is 23.2 Å². The number of phenols is 1. The Morgan fingerprint density at radius 3 is 2.39 bits per heavy atom. The van der Waals surface area contributed by atoms with Gasteiger partial charge >= 0.3 is 5.97 Å². The lowest BCUT2D eigenvalue weighted by atomic mass is 10.0. The summed E-state index contributed by atoms with van der Waals surface area (Å²) >= 11 is 0.